The number of anilines is 3. The van der Waals surface area contributed by atoms with E-state index in [1.807, 2.05) is 0 Å². The predicted molar refractivity (Wildman–Crippen MR) is 209 cm³/mol. The molecule has 1 aliphatic carbocycles. The molecule has 0 saturated heterocycles. The molecular weight excluding hydrogens is 591 g/mol. The number of hydrogen-bond donors (Lipinski definition) is 0. The minimum atomic E-state index is -0.0661. The van der Waals surface area contributed by atoms with Crippen molar-refractivity contribution in [1.82, 2.24) is 0 Å². The molecule has 8 rings (SSSR count). The smallest absolute Gasteiger partial charge is 0.0540 e. The summed E-state index contributed by atoms with van der Waals surface area (Å²) < 4.78 is 0. The van der Waals surface area contributed by atoms with Gasteiger partial charge >= 0.3 is 0 Å². The lowest BCUT2D eigenvalue weighted by molar-refractivity contribution is 0.299. The molecule has 1 aliphatic rings. The molecule has 0 spiro atoms. The number of hydrogen-bond acceptors (Lipinski definition) is 1. The van der Waals surface area contributed by atoms with Crippen LogP contribution in [-0.2, 0) is 10.8 Å². The zero-order valence-electron chi connectivity index (χ0n) is 28.7. The Morgan fingerprint density at radius 2 is 0.837 bits per heavy atom. The quantitative estimate of drug-likeness (QED) is 0.176. The monoisotopic (exact) mass is 631 g/mol. The molecule has 1 heteroatoms. The van der Waals surface area contributed by atoms with E-state index in [1.54, 1.807) is 0 Å². The fourth-order valence-electron chi connectivity index (χ4n) is 7.65. The van der Waals surface area contributed by atoms with Crippen molar-refractivity contribution in [2.75, 3.05) is 4.90 Å². The van der Waals surface area contributed by atoms with Crippen LogP contribution in [0.5, 0.6) is 0 Å². The molecule has 0 bridgehead atoms. The molecule has 0 atom stereocenters. The Morgan fingerprint density at radius 1 is 0.327 bits per heavy atom. The summed E-state index contributed by atoms with van der Waals surface area (Å²) in [6, 6.07) is 64.1. The van der Waals surface area contributed by atoms with Crippen molar-refractivity contribution in [3.63, 3.8) is 0 Å². The summed E-state index contributed by atoms with van der Waals surface area (Å²) >= 11 is 0. The SMILES string of the molecule is CC1(C)c2ccccc2-c2ccc(-c3ccccc3N(c3ccccc3)c3cccc(-c4cccc(-c5ccccc5)c4)c3)cc2C1(C)C. The molecule has 0 aliphatic heterocycles. The molecule has 1 nitrogen and oxygen atoms in total. The molecule has 0 aromatic heterocycles. The van der Waals surface area contributed by atoms with E-state index < -0.39 is 0 Å². The highest BCUT2D eigenvalue weighted by Crippen LogP contribution is 2.54. The summed E-state index contributed by atoms with van der Waals surface area (Å²) in [5, 5.41) is 0. The van der Waals surface area contributed by atoms with E-state index in [-0.39, 0.29) is 10.8 Å². The second kappa shape index (κ2) is 12.1. The maximum absolute atomic E-state index is 2.46. The summed E-state index contributed by atoms with van der Waals surface area (Å²) in [6.45, 7) is 9.61. The van der Waals surface area contributed by atoms with Gasteiger partial charge in [0.2, 0.25) is 0 Å². The molecule has 0 amide bonds. The van der Waals surface area contributed by atoms with Crippen molar-refractivity contribution in [3.05, 3.63) is 187 Å². The maximum atomic E-state index is 2.46. The average molecular weight is 632 g/mol. The van der Waals surface area contributed by atoms with Gasteiger partial charge in [0, 0.05) is 16.9 Å². The van der Waals surface area contributed by atoms with E-state index >= 15 is 0 Å². The third kappa shape index (κ3) is 5.27. The van der Waals surface area contributed by atoms with E-state index in [0.717, 1.165) is 17.1 Å². The summed E-state index contributed by atoms with van der Waals surface area (Å²) in [5.41, 5.74) is 16.1. The molecule has 7 aromatic carbocycles. The van der Waals surface area contributed by atoms with E-state index in [9.17, 15) is 0 Å². The largest absolute Gasteiger partial charge is 0.310 e. The first kappa shape index (κ1) is 30.7. The van der Waals surface area contributed by atoms with Crippen LogP contribution in [0.4, 0.5) is 17.1 Å². The maximum Gasteiger partial charge on any atom is 0.0540 e. The van der Waals surface area contributed by atoms with Crippen molar-refractivity contribution in [2.24, 2.45) is 0 Å². The average Bonchev–Trinajstić information content (AvgIpc) is 3.15. The highest BCUT2D eigenvalue weighted by Gasteiger charge is 2.45. The Balaban J connectivity index is 1.27. The molecule has 0 saturated carbocycles. The van der Waals surface area contributed by atoms with E-state index in [0.29, 0.717) is 0 Å². The van der Waals surface area contributed by atoms with Gasteiger partial charge in [-0.25, -0.2) is 0 Å². The van der Waals surface area contributed by atoms with Crippen LogP contribution in [0.1, 0.15) is 38.8 Å². The Hall–Kier alpha value is -5.66. The molecule has 49 heavy (non-hydrogen) atoms. The van der Waals surface area contributed by atoms with E-state index in [2.05, 4.69) is 209 Å². The predicted octanol–water partition coefficient (Wildman–Crippen LogP) is 13.4. The van der Waals surface area contributed by atoms with Crippen LogP contribution in [0.2, 0.25) is 0 Å². The zero-order valence-corrected chi connectivity index (χ0v) is 28.7. The van der Waals surface area contributed by atoms with E-state index in [1.165, 1.54) is 55.6 Å². The van der Waals surface area contributed by atoms with Gasteiger partial charge in [-0.1, -0.05) is 161 Å². The van der Waals surface area contributed by atoms with Gasteiger partial charge in [0.15, 0.2) is 0 Å². The zero-order chi connectivity index (χ0) is 33.6. The number of benzene rings is 7. The van der Waals surface area contributed by atoms with Gasteiger partial charge in [0.05, 0.1) is 5.69 Å². The van der Waals surface area contributed by atoms with Crippen molar-refractivity contribution in [1.29, 1.82) is 0 Å². The fraction of sp³-hybridized carbons (Fsp3) is 0.125. The Bertz CT molecular complexity index is 2280. The summed E-state index contributed by atoms with van der Waals surface area (Å²) in [6.07, 6.45) is 0. The molecule has 0 N–H and O–H groups in total. The topological polar surface area (TPSA) is 3.24 Å². The fourth-order valence-corrected chi connectivity index (χ4v) is 7.65. The van der Waals surface area contributed by atoms with Crippen molar-refractivity contribution < 1.29 is 0 Å². The van der Waals surface area contributed by atoms with Crippen molar-refractivity contribution in [3.8, 4) is 44.5 Å². The van der Waals surface area contributed by atoms with Gasteiger partial charge in [-0.05, 0) is 103 Å². The summed E-state index contributed by atoms with van der Waals surface area (Å²) in [4.78, 5) is 2.41. The summed E-state index contributed by atoms with van der Waals surface area (Å²) in [7, 11) is 0. The Labute approximate surface area is 291 Å². The first-order valence-electron chi connectivity index (χ1n) is 17.3. The number of nitrogens with zero attached hydrogens (tertiary/aromatic N) is 1. The lowest BCUT2D eigenvalue weighted by Crippen LogP contribution is -2.43. The first-order chi connectivity index (χ1) is 23.8. The van der Waals surface area contributed by atoms with Crippen molar-refractivity contribution in [2.45, 2.75) is 38.5 Å². The molecule has 7 aromatic rings. The van der Waals surface area contributed by atoms with Gasteiger partial charge in [0.25, 0.3) is 0 Å². The van der Waals surface area contributed by atoms with Gasteiger partial charge in [-0.3, -0.25) is 0 Å². The van der Waals surface area contributed by atoms with Crippen molar-refractivity contribution >= 4 is 17.1 Å². The van der Waals surface area contributed by atoms with Crippen LogP contribution in [-0.4, -0.2) is 0 Å². The first-order valence-corrected chi connectivity index (χ1v) is 17.3. The van der Waals surface area contributed by atoms with Crippen LogP contribution in [0.15, 0.2) is 176 Å². The number of para-hydroxylation sites is 2. The van der Waals surface area contributed by atoms with Gasteiger partial charge < -0.3 is 4.90 Å². The standard InChI is InChI=1S/C48H41N/c1-47(2)44-27-13-11-26-42(44)43-30-29-38(33-45(43)48(47,3)4)41-25-12-14-28-46(41)49(39-22-9-6-10-23-39)40-24-16-21-37(32-40)36-20-15-19-35(31-36)34-17-7-5-8-18-34/h5-33H,1-4H3. The molecule has 238 valence electrons. The Morgan fingerprint density at radius 3 is 1.59 bits per heavy atom. The second-order valence-corrected chi connectivity index (χ2v) is 14.2. The number of fused-ring (bicyclic) bond motifs is 3. The third-order valence-electron chi connectivity index (χ3n) is 11.0. The molecule has 0 fully saturated rings. The lowest BCUT2D eigenvalue weighted by atomic mass is 9.55. The molecule has 0 radical (unpaired) electrons. The molecule has 0 unspecified atom stereocenters. The van der Waals surface area contributed by atoms with Gasteiger partial charge in [-0.2, -0.15) is 0 Å². The third-order valence-corrected chi connectivity index (χ3v) is 11.0. The molecular formula is C48H41N. The normalized spacial score (nSPS) is 14.0. The Kier molecular flexibility index (Phi) is 7.57. The van der Waals surface area contributed by atoms with Crippen LogP contribution in [0, 0.1) is 0 Å². The van der Waals surface area contributed by atoms with Gasteiger partial charge in [-0.15, -0.1) is 0 Å². The second-order valence-electron chi connectivity index (χ2n) is 14.2. The summed E-state index contributed by atoms with van der Waals surface area (Å²) in [5.74, 6) is 0. The van der Waals surface area contributed by atoms with Gasteiger partial charge in [0.1, 0.15) is 0 Å². The van der Waals surface area contributed by atoms with Crippen LogP contribution in [0.25, 0.3) is 44.5 Å². The van der Waals surface area contributed by atoms with Crippen LogP contribution < -0.4 is 4.90 Å². The lowest BCUT2D eigenvalue weighted by Gasteiger charge is -2.48. The number of rotatable bonds is 6. The van der Waals surface area contributed by atoms with E-state index in [4.69, 9.17) is 0 Å². The highest BCUT2D eigenvalue weighted by molar-refractivity contribution is 5.91. The minimum absolute atomic E-state index is 0.0247. The minimum Gasteiger partial charge on any atom is -0.310 e. The molecule has 0 heterocycles. The van der Waals surface area contributed by atoms with Crippen LogP contribution >= 0.6 is 0 Å². The highest BCUT2D eigenvalue weighted by atomic mass is 15.1. The van der Waals surface area contributed by atoms with Crippen LogP contribution in [0.3, 0.4) is 0 Å².